The fourth-order valence-corrected chi connectivity index (χ4v) is 1.14. The van der Waals surface area contributed by atoms with Crippen LogP contribution < -0.4 is 5.32 Å². The first-order valence-corrected chi connectivity index (χ1v) is 4.54. The largest absolute Gasteiger partial charge is 0.370 e. The minimum atomic E-state index is -0.337. The van der Waals surface area contributed by atoms with Crippen molar-refractivity contribution in [3.63, 3.8) is 0 Å². The molecule has 0 bridgehead atoms. The Morgan fingerprint density at radius 1 is 1.33 bits per heavy atom. The lowest BCUT2D eigenvalue weighted by Gasteiger charge is -2.02. The number of aromatic amines is 1. The molecule has 78 valence electrons. The van der Waals surface area contributed by atoms with E-state index < -0.39 is 0 Å². The molecule has 0 radical (unpaired) electrons. The summed E-state index contributed by atoms with van der Waals surface area (Å²) < 4.78 is 12.5. The smallest absolute Gasteiger partial charge is 0.141 e. The predicted molar refractivity (Wildman–Crippen MR) is 52.8 cm³/mol. The van der Waals surface area contributed by atoms with Gasteiger partial charge in [0.25, 0.3) is 0 Å². The Balaban J connectivity index is 1.81. The summed E-state index contributed by atoms with van der Waals surface area (Å²) >= 11 is 0. The SMILES string of the molecule is Fc1ccc(NCCc2ncn[nH]2)nc1. The van der Waals surface area contributed by atoms with Gasteiger partial charge >= 0.3 is 0 Å². The molecule has 0 saturated carbocycles. The number of H-pyrrole nitrogens is 1. The Bertz CT molecular complexity index is 397. The maximum absolute atomic E-state index is 12.5. The summed E-state index contributed by atoms with van der Waals surface area (Å²) in [6.07, 6.45) is 3.36. The number of pyridine rings is 1. The van der Waals surface area contributed by atoms with Crippen LogP contribution in [0.4, 0.5) is 10.2 Å². The van der Waals surface area contributed by atoms with E-state index in [0.29, 0.717) is 12.4 Å². The van der Waals surface area contributed by atoms with Gasteiger partial charge in [-0.05, 0) is 12.1 Å². The number of hydrogen-bond acceptors (Lipinski definition) is 4. The van der Waals surface area contributed by atoms with E-state index in [9.17, 15) is 4.39 Å². The third-order valence-electron chi connectivity index (χ3n) is 1.86. The van der Waals surface area contributed by atoms with Crippen LogP contribution in [0.25, 0.3) is 0 Å². The van der Waals surface area contributed by atoms with Crippen molar-refractivity contribution in [3.05, 3.63) is 36.3 Å². The molecule has 2 N–H and O–H groups in total. The van der Waals surface area contributed by atoms with Crippen LogP contribution in [0.3, 0.4) is 0 Å². The molecule has 6 heteroatoms. The minimum Gasteiger partial charge on any atom is -0.370 e. The van der Waals surface area contributed by atoms with Gasteiger partial charge in [-0.1, -0.05) is 0 Å². The van der Waals surface area contributed by atoms with Crippen molar-refractivity contribution >= 4 is 5.82 Å². The number of rotatable bonds is 4. The van der Waals surface area contributed by atoms with Crippen LogP contribution in [0.5, 0.6) is 0 Å². The third kappa shape index (κ3) is 2.73. The minimum absolute atomic E-state index is 0.337. The van der Waals surface area contributed by atoms with Crippen molar-refractivity contribution < 1.29 is 4.39 Å². The quantitative estimate of drug-likeness (QED) is 0.784. The molecule has 0 unspecified atom stereocenters. The first kappa shape index (κ1) is 9.57. The van der Waals surface area contributed by atoms with Gasteiger partial charge in [0, 0.05) is 13.0 Å². The highest BCUT2D eigenvalue weighted by Crippen LogP contribution is 2.03. The molecule has 5 nitrogen and oxygen atoms in total. The molecular formula is C9H10FN5. The summed E-state index contributed by atoms with van der Waals surface area (Å²) in [7, 11) is 0. The van der Waals surface area contributed by atoms with Crippen LogP contribution in [0.15, 0.2) is 24.7 Å². The second-order valence-electron chi connectivity index (χ2n) is 2.97. The molecule has 2 rings (SSSR count). The van der Waals surface area contributed by atoms with E-state index in [1.54, 1.807) is 6.07 Å². The van der Waals surface area contributed by atoms with Crippen molar-refractivity contribution in [2.45, 2.75) is 6.42 Å². The van der Waals surface area contributed by atoms with Gasteiger partial charge < -0.3 is 5.32 Å². The van der Waals surface area contributed by atoms with Gasteiger partial charge in [-0.25, -0.2) is 14.4 Å². The van der Waals surface area contributed by atoms with E-state index in [1.807, 2.05) is 0 Å². The van der Waals surface area contributed by atoms with E-state index >= 15 is 0 Å². The van der Waals surface area contributed by atoms with Crippen LogP contribution in [0.2, 0.25) is 0 Å². The molecule has 0 saturated heterocycles. The molecule has 0 atom stereocenters. The molecule has 0 aliphatic carbocycles. The summed E-state index contributed by atoms with van der Waals surface area (Å²) in [6.45, 7) is 0.674. The standard InChI is InChI=1S/C9H10FN5/c10-7-1-2-8(12-5-7)11-4-3-9-13-6-14-15-9/h1-2,5-6H,3-4H2,(H,11,12)(H,13,14,15). The normalized spacial score (nSPS) is 10.2. The van der Waals surface area contributed by atoms with Crippen LogP contribution in [0, 0.1) is 5.82 Å². The molecule has 15 heavy (non-hydrogen) atoms. The average molecular weight is 207 g/mol. The van der Waals surface area contributed by atoms with Gasteiger partial charge in [-0.2, -0.15) is 5.10 Å². The molecule has 2 aromatic heterocycles. The van der Waals surface area contributed by atoms with Crippen LogP contribution in [-0.2, 0) is 6.42 Å². The molecule has 0 aliphatic rings. The number of halogens is 1. The van der Waals surface area contributed by atoms with Crippen molar-refractivity contribution in [2.75, 3.05) is 11.9 Å². The summed E-state index contributed by atoms with van der Waals surface area (Å²) in [5.74, 6) is 1.12. The molecule has 0 aromatic carbocycles. The second-order valence-corrected chi connectivity index (χ2v) is 2.97. The van der Waals surface area contributed by atoms with Gasteiger partial charge in [0.2, 0.25) is 0 Å². The molecular weight excluding hydrogens is 197 g/mol. The Labute approximate surface area is 85.8 Å². The number of nitrogens with one attached hydrogen (secondary N) is 2. The van der Waals surface area contributed by atoms with Gasteiger partial charge in [-0.3, -0.25) is 5.10 Å². The van der Waals surface area contributed by atoms with Crippen molar-refractivity contribution in [3.8, 4) is 0 Å². The van der Waals surface area contributed by atoms with Gasteiger partial charge in [0.1, 0.15) is 23.8 Å². The zero-order chi connectivity index (χ0) is 10.5. The molecule has 0 fully saturated rings. The van der Waals surface area contributed by atoms with Crippen LogP contribution in [-0.4, -0.2) is 26.7 Å². The van der Waals surface area contributed by atoms with Crippen LogP contribution >= 0.6 is 0 Å². The van der Waals surface area contributed by atoms with Crippen LogP contribution in [0.1, 0.15) is 5.82 Å². The summed E-state index contributed by atoms with van der Waals surface area (Å²) in [5.41, 5.74) is 0. The third-order valence-corrected chi connectivity index (χ3v) is 1.86. The zero-order valence-corrected chi connectivity index (χ0v) is 7.94. The van der Waals surface area contributed by atoms with Crippen molar-refractivity contribution in [1.82, 2.24) is 20.2 Å². The molecule has 2 aromatic rings. The van der Waals surface area contributed by atoms with E-state index in [4.69, 9.17) is 0 Å². The number of hydrogen-bond donors (Lipinski definition) is 2. The predicted octanol–water partition coefficient (Wildman–Crippen LogP) is 0.993. The molecule has 0 amide bonds. The highest BCUT2D eigenvalue weighted by atomic mass is 19.1. The number of aromatic nitrogens is 4. The lowest BCUT2D eigenvalue weighted by molar-refractivity contribution is 0.621. The van der Waals surface area contributed by atoms with E-state index in [0.717, 1.165) is 12.2 Å². The fourth-order valence-electron chi connectivity index (χ4n) is 1.14. The first-order chi connectivity index (χ1) is 7.34. The summed E-state index contributed by atoms with van der Waals surface area (Å²) in [4.78, 5) is 7.84. The zero-order valence-electron chi connectivity index (χ0n) is 7.94. The Morgan fingerprint density at radius 2 is 2.27 bits per heavy atom. The molecule has 0 spiro atoms. The average Bonchev–Trinajstić information content (AvgIpc) is 2.74. The molecule has 2 heterocycles. The van der Waals surface area contributed by atoms with Crippen molar-refractivity contribution in [1.29, 1.82) is 0 Å². The maximum Gasteiger partial charge on any atom is 0.141 e. The van der Waals surface area contributed by atoms with E-state index in [2.05, 4.69) is 25.5 Å². The lowest BCUT2D eigenvalue weighted by Crippen LogP contribution is -2.07. The van der Waals surface area contributed by atoms with Crippen molar-refractivity contribution in [2.24, 2.45) is 0 Å². The monoisotopic (exact) mass is 207 g/mol. The second kappa shape index (κ2) is 4.50. The summed E-state index contributed by atoms with van der Waals surface area (Å²) in [5, 5.41) is 9.53. The van der Waals surface area contributed by atoms with Gasteiger partial charge in [0.05, 0.1) is 6.20 Å². The van der Waals surface area contributed by atoms with E-state index in [-0.39, 0.29) is 5.82 Å². The first-order valence-electron chi connectivity index (χ1n) is 4.54. The highest BCUT2D eigenvalue weighted by molar-refractivity contribution is 5.33. The molecule has 0 aliphatic heterocycles. The Morgan fingerprint density at radius 3 is 2.93 bits per heavy atom. The maximum atomic E-state index is 12.5. The topological polar surface area (TPSA) is 66.5 Å². The number of anilines is 1. The van der Waals surface area contributed by atoms with Gasteiger partial charge in [0.15, 0.2) is 0 Å². The van der Waals surface area contributed by atoms with Gasteiger partial charge in [-0.15, -0.1) is 0 Å². The Hall–Kier alpha value is -1.98. The lowest BCUT2D eigenvalue weighted by atomic mass is 10.4. The number of nitrogens with zero attached hydrogens (tertiary/aromatic N) is 3. The fraction of sp³-hybridized carbons (Fsp3) is 0.222. The highest BCUT2D eigenvalue weighted by Gasteiger charge is 1.97. The van der Waals surface area contributed by atoms with E-state index in [1.165, 1.54) is 18.6 Å². The Kier molecular flexibility index (Phi) is 2.87. The summed E-state index contributed by atoms with van der Waals surface area (Å²) in [6, 6.07) is 2.96.